The molecule has 1 aliphatic heterocycles. The topological polar surface area (TPSA) is 35.5 Å². The lowest BCUT2D eigenvalue weighted by atomic mass is 9.98. The first-order valence-corrected chi connectivity index (χ1v) is 7.29. The summed E-state index contributed by atoms with van der Waals surface area (Å²) in [4.78, 5) is 2.53. The van der Waals surface area contributed by atoms with E-state index in [9.17, 15) is 5.11 Å². The number of aromatic hydroxyl groups is 1. The highest BCUT2D eigenvalue weighted by Gasteiger charge is 2.30. The molecule has 0 bridgehead atoms. The summed E-state index contributed by atoms with van der Waals surface area (Å²) in [5.74, 6) is 0.358. The first-order chi connectivity index (χ1) is 9.02. The molecule has 2 atom stereocenters. The van der Waals surface area contributed by atoms with Crippen LogP contribution in [0.3, 0.4) is 0 Å². The third-order valence-corrected chi connectivity index (χ3v) is 4.37. The average molecular weight is 262 g/mol. The van der Waals surface area contributed by atoms with Crippen LogP contribution in [0.25, 0.3) is 0 Å². The maximum atomic E-state index is 9.58. The molecule has 0 spiro atoms. The molecule has 1 fully saturated rings. The maximum absolute atomic E-state index is 9.58. The van der Waals surface area contributed by atoms with Crippen LogP contribution in [-0.4, -0.2) is 34.7 Å². The van der Waals surface area contributed by atoms with Crippen molar-refractivity contribution in [2.45, 2.75) is 51.7 Å². The van der Waals surface area contributed by atoms with Crippen molar-refractivity contribution >= 4 is 0 Å². The van der Waals surface area contributed by atoms with Gasteiger partial charge in [-0.1, -0.05) is 19.1 Å². The highest BCUT2D eigenvalue weighted by Crippen LogP contribution is 2.22. The Kier molecular flexibility index (Phi) is 4.48. The fourth-order valence-electron chi connectivity index (χ4n) is 2.76. The van der Waals surface area contributed by atoms with Gasteiger partial charge >= 0.3 is 0 Å². The third kappa shape index (κ3) is 3.71. The fourth-order valence-corrected chi connectivity index (χ4v) is 2.76. The predicted octanol–water partition coefficient (Wildman–Crippen LogP) is 2.74. The second-order valence-corrected chi connectivity index (χ2v) is 6.05. The number of benzene rings is 1. The third-order valence-electron chi connectivity index (χ3n) is 4.37. The molecule has 0 amide bonds. The van der Waals surface area contributed by atoms with Gasteiger partial charge in [-0.15, -0.1) is 0 Å². The fraction of sp³-hybridized carbons (Fsp3) is 0.625. The summed E-state index contributed by atoms with van der Waals surface area (Å²) >= 11 is 0. The van der Waals surface area contributed by atoms with Gasteiger partial charge in [0.2, 0.25) is 0 Å². The van der Waals surface area contributed by atoms with Crippen LogP contribution < -0.4 is 5.32 Å². The lowest BCUT2D eigenvalue weighted by molar-refractivity contribution is 0.163. The molecule has 2 N–H and O–H groups in total. The predicted molar refractivity (Wildman–Crippen MR) is 79.3 cm³/mol. The number of nitrogens with one attached hydrogen (secondary N) is 1. The van der Waals surface area contributed by atoms with Gasteiger partial charge < -0.3 is 10.4 Å². The van der Waals surface area contributed by atoms with E-state index in [0.717, 1.165) is 26.1 Å². The molecule has 1 saturated heterocycles. The van der Waals surface area contributed by atoms with Crippen LogP contribution in [0.4, 0.5) is 0 Å². The summed E-state index contributed by atoms with van der Waals surface area (Å²) < 4.78 is 0. The van der Waals surface area contributed by atoms with Gasteiger partial charge in [-0.05, 0) is 50.9 Å². The Balaban J connectivity index is 2.11. The van der Waals surface area contributed by atoms with E-state index >= 15 is 0 Å². The molecular weight excluding hydrogens is 236 g/mol. The van der Waals surface area contributed by atoms with Gasteiger partial charge in [-0.2, -0.15) is 0 Å². The molecule has 1 aromatic rings. The van der Waals surface area contributed by atoms with Gasteiger partial charge in [0, 0.05) is 24.7 Å². The minimum atomic E-state index is 0.196. The Labute approximate surface area is 116 Å². The molecule has 2 unspecified atom stereocenters. The van der Waals surface area contributed by atoms with Crippen molar-refractivity contribution in [3.05, 3.63) is 29.8 Å². The van der Waals surface area contributed by atoms with Crippen molar-refractivity contribution < 1.29 is 5.11 Å². The van der Waals surface area contributed by atoms with E-state index in [1.165, 1.54) is 12.0 Å². The van der Waals surface area contributed by atoms with Gasteiger partial charge in [-0.3, -0.25) is 4.90 Å². The van der Waals surface area contributed by atoms with E-state index in [-0.39, 0.29) is 5.54 Å². The Morgan fingerprint density at radius 2 is 2.26 bits per heavy atom. The maximum Gasteiger partial charge on any atom is 0.115 e. The lowest BCUT2D eigenvalue weighted by Crippen LogP contribution is -2.49. The molecule has 1 heterocycles. The van der Waals surface area contributed by atoms with Crippen LogP contribution in [0, 0.1) is 0 Å². The molecule has 1 aromatic carbocycles. The van der Waals surface area contributed by atoms with Crippen molar-refractivity contribution in [3.63, 3.8) is 0 Å². The number of hydrogen-bond acceptors (Lipinski definition) is 3. The minimum Gasteiger partial charge on any atom is -0.508 e. The second-order valence-electron chi connectivity index (χ2n) is 6.05. The van der Waals surface area contributed by atoms with E-state index in [1.807, 2.05) is 12.1 Å². The normalized spacial score (nSPS) is 29.1. The van der Waals surface area contributed by atoms with Crippen LogP contribution in [0.1, 0.15) is 39.2 Å². The summed E-state index contributed by atoms with van der Waals surface area (Å²) in [5.41, 5.74) is 1.38. The molecule has 1 aliphatic rings. The Hall–Kier alpha value is -1.06. The van der Waals surface area contributed by atoms with Crippen LogP contribution in [0.5, 0.6) is 5.75 Å². The Morgan fingerprint density at radius 3 is 2.95 bits per heavy atom. The first-order valence-electron chi connectivity index (χ1n) is 7.29. The molecule has 3 nitrogen and oxygen atoms in total. The largest absolute Gasteiger partial charge is 0.508 e. The summed E-state index contributed by atoms with van der Waals surface area (Å²) in [7, 11) is 0. The van der Waals surface area contributed by atoms with Crippen LogP contribution in [0.2, 0.25) is 0 Å². The van der Waals surface area contributed by atoms with Gasteiger partial charge in [0.25, 0.3) is 0 Å². The van der Waals surface area contributed by atoms with E-state index < -0.39 is 0 Å². The molecular formula is C16H26N2O. The van der Waals surface area contributed by atoms with Gasteiger partial charge in [0.1, 0.15) is 5.75 Å². The molecule has 2 rings (SSSR count). The van der Waals surface area contributed by atoms with Crippen LogP contribution in [0.15, 0.2) is 24.3 Å². The number of rotatable bonds is 3. The number of nitrogens with zero attached hydrogens (tertiary/aromatic N) is 1. The quantitative estimate of drug-likeness (QED) is 0.879. The molecule has 3 heteroatoms. The van der Waals surface area contributed by atoms with Crippen molar-refractivity contribution in [2.24, 2.45) is 0 Å². The zero-order valence-corrected chi connectivity index (χ0v) is 12.3. The van der Waals surface area contributed by atoms with Gasteiger partial charge in [0.15, 0.2) is 0 Å². The average Bonchev–Trinajstić information content (AvgIpc) is 2.50. The number of phenolic OH excluding ortho intramolecular Hbond substituents is 1. The van der Waals surface area contributed by atoms with E-state index in [1.54, 1.807) is 6.07 Å². The highest BCUT2D eigenvalue weighted by atomic mass is 16.3. The lowest BCUT2D eigenvalue weighted by Gasteiger charge is -2.35. The summed E-state index contributed by atoms with van der Waals surface area (Å²) in [5, 5.41) is 13.3. The summed E-state index contributed by atoms with van der Waals surface area (Å²) in [6.45, 7) is 9.90. The highest BCUT2D eigenvalue weighted by molar-refractivity contribution is 5.27. The smallest absolute Gasteiger partial charge is 0.115 e. The molecule has 0 saturated carbocycles. The first kappa shape index (κ1) is 14.4. The number of hydrogen-bond donors (Lipinski definition) is 2. The van der Waals surface area contributed by atoms with E-state index in [4.69, 9.17) is 0 Å². The zero-order chi connectivity index (χ0) is 13.9. The molecule has 0 aliphatic carbocycles. The van der Waals surface area contributed by atoms with Gasteiger partial charge in [0.05, 0.1) is 0 Å². The Bertz CT molecular complexity index is 421. The van der Waals surface area contributed by atoms with Crippen molar-refractivity contribution in [2.75, 3.05) is 13.1 Å². The summed E-state index contributed by atoms with van der Waals surface area (Å²) in [6, 6.07) is 8.18. The van der Waals surface area contributed by atoms with Crippen molar-refractivity contribution in [3.8, 4) is 5.75 Å². The SMILES string of the molecule is CCC1(C)CN(Cc2cccc(O)c2)C(C)CCN1. The van der Waals surface area contributed by atoms with E-state index in [2.05, 4.69) is 37.1 Å². The molecule has 19 heavy (non-hydrogen) atoms. The molecule has 0 aromatic heterocycles. The Morgan fingerprint density at radius 1 is 1.47 bits per heavy atom. The van der Waals surface area contributed by atoms with E-state index in [0.29, 0.717) is 11.8 Å². The molecule has 106 valence electrons. The molecule has 0 radical (unpaired) electrons. The monoisotopic (exact) mass is 262 g/mol. The van der Waals surface area contributed by atoms with Crippen molar-refractivity contribution in [1.82, 2.24) is 10.2 Å². The van der Waals surface area contributed by atoms with Crippen LogP contribution >= 0.6 is 0 Å². The standard InChI is InChI=1S/C16H26N2O/c1-4-16(3)12-18(13(2)8-9-17-16)11-14-6-5-7-15(19)10-14/h5-7,10,13,17,19H,4,8-9,11-12H2,1-3H3. The number of phenols is 1. The minimum absolute atomic E-state index is 0.196. The van der Waals surface area contributed by atoms with Gasteiger partial charge in [-0.25, -0.2) is 0 Å². The summed E-state index contributed by atoms with van der Waals surface area (Å²) in [6.07, 6.45) is 2.31. The van der Waals surface area contributed by atoms with Crippen molar-refractivity contribution in [1.29, 1.82) is 0 Å². The second kappa shape index (κ2) is 5.93. The van der Waals surface area contributed by atoms with Crippen LogP contribution in [-0.2, 0) is 6.54 Å². The zero-order valence-electron chi connectivity index (χ0n) is 12.3.